The van der Waals surface area contributed by atoms with Crippen molar-refractivity contribution < 1.29 is 14.3 Å². The van der Waals surface area contributed by atoms with Crippen LogP contribution >= 0.6 is 23.7 Å². The number of benzene rings is 1. The molecule has 2 aromatic rings. The summed E-state index contributed by atoms with van der Waals surface area (Å²) < 4.78 is 11.2. The summed E-state index contributed by atoms with van der Waals surface area (Å²) >= 11 is 1.66. The minimum absolute atomic E-state index is 0. The smallest absolute Gasteiger partial charge is 0.233 e. The number of carbonyl (C=O) groups is 1. The molecule has 7 heteroatoms. The maximum atomic E-state index is 12.8. The summed E-state index contributed by atoms with van der Waals surface area (Å²) in [5.74, 6) is 1.68. The minimum Gasteiger partial charge on any atom is -0.486 e. The van der Waals surface area contributed by atoms with Gasteiger partial charge in [0, 0.05) is 29.7 Å². The SMILES string of the molecule is Cl.O=C(C1CNC1)N(Cc1cccs1)c1ccc2c(c1)OCCO2. The topological polar surface area (TPSA) is 50.8 Å². The van der Waals surface area contributed by atoms with Crippen molar-refractivity contribution >= 4 is 35.3 Å². The molecule has 2 aliphatic heterocycles. The van der Waals surface area contributed by atoms with Gasteiger partial charge in [-0.1, -0.05) is 6.07 Å². The third-order valence-electron chi connectivity index (χ3n) is 4.13. The van der Waals surface area contributed by atoms with E-state index in [2.05, 4.69) is 11.4 Å². The van der Waals surface area contributed by atoms with Gasteiger partial charge in [-0.15, -0.1) is 23.7 Å². The van der Waals surface area contributed by atoms with Crippen LogP contribution in [0, 0.1) is 5.92 Å². The molecular formula is C17H19ClN2O3S. The van der Waals surface area contributed by atoms with Crippen molar-refractivity contribution in [2.24, 2.45) is 5.92 Å². The lowest BCUT2D eigenvalue weighted by atomic mass is 10.0. The molecule has 1 aromatic carbocycles. The van der Waals surface area contributed by atoms with Crippen molar-refractivity contribution in [3.63, 3.8) is 0 Å². The van der Waals surface area contributed by atoms with Gasteiger partial charge in [0.05, 0.1) is 12.5 Å². The Bertz CT molecular complexity index is 704. The van der Waals surface area contributed by atoms with E-state index in [-0.39, 0.29) is 24.2 Å². The first kappa shape index (κ1) is 17.1. The van der Waals surface area contributed by atoms with E-state index in [0.717, 1.165) is 24.5 Å². The predicted molar refractivity (Wildman–Crippen MR) is 96.5 cm³/mol. The molecule has 0 atom stereocenters. The Labute approximate surface area is 151 Å². The van der Waals surface area contributed by atoms with Gasteiger partial charge < -0.3 is 19.7 Å². The van der Waals surface area contributed by atoms with Crippen LogP contribution in [0.5, 0.6) is 11.5 Å². The molecule has 0 radical (unpaired) electrons. The van der Waals surface area contributed by atoms with Crippen LogP contribution in [-0.4, -0.2) is 32.2 Å². The minimum atomic E-state index is 0. The fourth-order valence-electron chi connectivity index (χ4n) is 2.74. The summed E-state index contributed by atoms with van der Waals surface area (Å²) in [7, 11) is 0. The van der Waals surface area contributed by atoms with Crippen LogP contribution in [0.3, 0.4) is 0 Å². The summed E-state index contributed by atoms with van der Waals surface area (Å²) in [6.07, 6.45) is 0. The largest absolute Gasteiger partial charge is 0.486 e. The van der Waals surface area contributed by atoms with E-state index in [0.29, 0.717) is 25.5 Å². The molecule has 5 nitrogen and oxygen atoms in total. The van der Waals surface area contributed by atoms with E-state index in [1.54, 1.807) is 11.3 Å². The second-order valence-corrected chi connectivity index (χ2v) is 6.72. The summed E-state index contributed by atoms with van der Waals surface area (Å²) in [5.41, 5.74) is 0.861. The first-order valence-corrected chi connectivity index (χ1v) is 8.63. The number of anilines is 1. The normalized spacial score (nSPS) is 16.0. The molecule has 128 valence electrons. The highest BCUT2D eigenvalue weighted by atomic mass is 35.5. The molecule has 0 bridgehead atoms. The quantitative estimate of drug-likeness (QED) is 0.903. The van der Waals surface area contributed by atoms with Gasteiger partial charge in [-0.05, 0) is 23.6 Å². The number of amides is 1. The monoisotopic (exact) mass is 366 g/mol. The Balaban J connectivity index is 0.00000169. The van der Waals surface area contributed by atoms with E-state index in [1.807, 2.05) is 34.5 Å². The van der Waals surface area contributed by atoms with Crippen LogP contribution in [0.1, 0.15) is 4.88 Å². The van der Waals surface area contributed by atoms with E-state index in [9.17, 15) is 4.79 Å². The highest BCUT2D eigenvalue weighted by Gasteiger charge is 2.31. The Kier molecular flexibility index (Phi) is 5.28. The second-order valence-electron chi connectivity index (χ2n) is 5.69. The average Bonchev–Trinajstić information content (AvgIpc) is 3.03. The predicted octanol–water partition coefficient (Wildman–Crippen LogP) is 2.69. The molecule has 0 saturated carbocycles. The zero-order valence-corrected chi connectivity index (χ0v) is 14.7. The highest BCUT2D eigenvalue weighted by molar-refractivity contribution is 7.09. The van der Waals surface area contributed by atoms with E-state index in [1.165, 1.54) is 4.88 Å². The Morgan fingerprint density at radius 3 is 2.67 bits per heavy atom. The van der Waals surface area contributed by atoms with Crippen molar-refractivity contribution in [1.82, 2.24) is 5.32 Å². The maximum absolute atomic E-state index is 12.8. The summed E-state index contributed by atoms with van der Waals surface area (Å²) in [4.78, 5) is 15.9. The van der Waals surface area contributed by atoms with Gasteiger partial charge >= 0.3 is 0 Å². The van der Waals surface area contributed by atoms with Crippen molar-refractivity contribution in [2.75, 3.05) is 31.2 Å². The number of carbonyl (C=O) groups excluding carboxylic acids is 1. The van der Waals surface area contributed by atoms with Crippen LogP contribution in [0.25, 0.3) is 0 Å². The second kappa shape index (κ2) is 7.42. The Hall–Kier alpha value is -1.76. The number of rotatable bonds is 4. The fraction of sp³-hybridized carbons (Fsp3) is 0.353. The lowest BCUT2D eigenvalue weighted by Crippen LogP contribution is -2.52. The lowest BCUT2D eigenvalue weighted by molar-refractivity contribution is -0.123. The lowest BCUT2D eigenvalue weighted by Gasteiger charge is -2.33. The van der Waals surface area contributed by atoms with Crippen LogP contribution in [0.2, 0.25) is 0 Å². The number of halogens is 1. The molecule has 0 spiro atoms. The summed E-state index contributed by atoms with van der Waals surface area (Å²) in [5, 5.41) is 5.20. The molecule has 24 heavy (non-hydrogen) atoms. The molecule has 0 unspecified atom stereocenters. The van der Waals surface area contributed by atoms with Crippen LogP contribution in [0.4, 0.5) is 5.69 Å². The van der Waals surface area contributed by atoms with E-state index >= 15 is 0 Å². The van der Waals surface area contributed by atoms with Gasteiger partial charge in [0.15, 0.2) is 11.5 Å². The van der Waals surface area contributed by atoms with Crippen LogP contribution < -0.4 is 19.7 Å². The van der Waals surface area contributed by atoms with Gasteiger partial charge in [-0.3, -0.25) is 4.79 Å². The number of thiophene rings is 1. The first-order chi connectivity index (χ1) is 11.3. The number of nitrogens with one attached hydrogen (secondary N) is 1. The standard InChI is InChI=1S/C17H18N2O3S.ClH/c20-17(12-9-18-10-12)19(11-14-2-1-7-23-14)13-3-4-15-16(8-13)22-6-5-21-15;/h1-4,7-8,12,18H,5-6,9-11H2;1H. The average molecular weight is 367 g/mol. The molecule has 1 fully saturated rings. The number of ether oxygens (including phenoxy) is 2. The summed E-state index contributed by atoms with van der Waals surface area (Å²) in [6.45, 7) is 3.21. The molecule has 1 aromatic heterocycles. The van der Waals surface area contributed by atoms with Crippen LogP contribution in [-0.2, 0) is 11.3 Å². The maximum Gasteiger partial charge on any atom is 0.233 e. The van der Waals surface area contributed by atoms with E-state index < -0.39 is 0 Å². The molecule has 4 rings (SSSR count). The number of hydrogen-bond acceptors (Lipinski definition) is 5. The summed E-state index contributed by atoms with van der Waals surface area (Å²) in [6, 6.07) is 9.80. The molecule has 2 aliphatic rings. The zero-order valence-electron chi connectivity index (χ0n) is 13.1. The highest BCUT2D eigenvalue weighted by Crippen LogP contribution is 2.35. The van der Waals surface area contributed by atoms with Gasteiger partial charge in [0.25, 0.3) is 0 Å². The van der Waals surface area contributed by atoms with Gasteiger partial charge in [0.2, 0.25) is 5.91 Å². The van der Waals surface area contributed by atoms with E-state index in [4.69, 9.17) is 9.47 Å². The molecular weight excluding hydrogens is 348 g/mol. The first-order valence-electron chi connectivity index (χ1n) is 7.75. The molecule has 0 aliphatic carbocycles. The fourth-order valence-corrected chi connectivity index (χ4v) is 3.43. The number of hydrogen-bond donors (Lipinski definition) is 1. The zero-order chi connectivity index (χ0) is 15.6. The van der Waals surface area contributed by atoms with Crippen molar-refractivity contribution in [2.45, 2.75) is 6.54 Å². The van der Waals surface area contributed by atoms with Gasteiger partial charge in [-0.2, -0.15) is 0 Å². The van der Waals surface area contributed by atoms with Crippen molar-refractivity contribution in [3.8, 4) is 11.5 Å². The number of nitrogens with zero attached hydrogens (tertiary/aromatic N) is 1. The number of fused-ring (bicyclic) bond motifs is 1. The third kappa shape index (κ3) is 3.36. The Morgan fingerprint density at radius 2 is 2.00 bits per heavy atom. The Morgan fingerprint density at radius 1 is 1.21 bits per heavy atom. The molecule has 1 N–H and O–H groups in total. The van der Waals surface area contributed by atoms with Crippen LogP contribution in [0.15, 0.2) is 35.7 Å². The molecule has 1 saturated heterocycles. The third-order valence-corrected chi connectivity index (χ3v) is 4.99. The van der Waals surface area contributed by atoms with Gasteiger partial charge in [0.1, 0.15) is 13.2 Å². The molecule has 3 heterocycles. The van der Waals surface area contributed by atoms with Crippen molar-refractivity contribution in [3.05, 3.63) is 40.6 Å². The molecule has 1 amide bonds. The van der Waals surface area contributed by atoms with Crippen molar-refractivity contribution in [1.29, 1.82) is 0 Å². The van der Waals surface area contributed by atoms with Gasteiger partial charge in [-0.25, -0.2) is 0 Å².